The molecule has 102 valence electrons. The number of nitrogens with one attached hydrogen (secondary N) is 1. The van der Waals surface area contributed by atoms with E-state index < -0.39 is 0 Å². The lowest BCUT2D eigenvalue weighted by atomic mass is 10.2. The highest BCUT2D eigenvalue weighted by Crippen LogP contribution is 2.21. The Bertz CT molecular complexity index is 660. The van der Waals surface area contributed by atoms with Gasteiger partial charge in [0.2, 0.25) is 0 Å². The molecule has 0 bridgehead atoms. The lowest BCUT2D eigenvalue weighted by Crippen LogP contribution is -2.13. The van der Waals surface area contributed by atoms with Gasteiger partial charge in [0.1, 0.15) is 5.69 Å². The molecule has 0 aromatic carbocycles. The van der Waals surface area contributed by atoms with E-state index in [9.17, 15) is 4.79 Å². The number of nitrogens with two attached hydrogens (primary N) is 1. The van der Waals surface area contributed by atoms with Crippen molar-refractivity contribution in [3.05, 3.63) is 40.2 Å². The molecule has 0 aliphatic carbocycles. The Morgan fingerprint density at radius 1 is 1.45 bits per heavy atom. The van der Waals surface area contributed by atoms with Crippen LogP contribution in [-0.4, -0.2) is 22.4 Å². The second-order valence-electron chi connectivity index (χ2n) is 4.05. The molecule has 2 aromatic rings. The van der Waals surface area contributed by atoms with Gasteiger partial charge in [-0.2, -0.15) is 0 Å². The van der Waals surface area contributed by atoms with Crippen LogP contribution in [-0.2, 0) is 0 Å². The molecule has 5 nitrogen and oxygen atoms in total. The Hall–Kier alpha value is -2.23. The van der Waals surface area contributed by atoms with Crippen LogP contribution < -0.4 is 11.1 Å². The van der Waals surface area contributed by atoms with Gasteiger partial charge in [-0.3, -0.25) is 10.1 Å². The first-order valence-corrected chi connectivity index (χ1v) is 6.82. The zero-order valence-corrected chi connectivity index (χ0v) is 12.0. The van der Waals surface area contributed by atoms with Gasteiger partial charge in [-0.15, -0.1) is 11.3 Å². The molecule has 6 heteroatoms. The lowest BCUT2D eigenvalue weighted by Gasteiger charge is -2.00. The van der Waals surface area contributed by atoms with Gasteiger partial charge < -0.3 is 5.73 Å². The normalized spacial score (nSPS) is 9.75. The first kappa shape index (κ1) is 14.2. The molecule has 0 fully saturated rings. The van der Waals surface area contributed by atoms with Crippen molar-refractivity contribution in [2.24, 2.45) is 5.73 Å². The second-order valence-corrected chi connectivity index (χ2v) is 5.26. The van der Waals surface area contributed by atoms with Crippen LogP contribution >= 0.6 is 11.3 Å². The lowest BCUT2D eigenvalue weighted by molar-refractivity contribution is 0.102. The quantitative estimate of drug-likeness (QED) is 0.824. The van der Waals surface area contributed by atoms with Crippen molar-refractivity contribution < 1.29 is 4.79 Å². The van der Waals surface area contributed by atoms with Crippen LogP contribution in [0, 0.1) is 25.7 Å². The van der Waals surface area contributed by atoms with Crippen molar-refractivity contribution in [3.63, 3.8) is 0 Å². The van der Waals surface area contributed by atoms with E-state index >= 15 is 0 Å². The average molecular weight is 286 g/mol. The molecule has 0 aliphatic heterocycles. The maximum atomic E-state index is 12.0. The van der Waals surface area contributed by atoms with Crippen molar-refractivity contribution in [2.75, 3.05) is 11.9 Å². The fourth-order valence-corrected chi connectivity index (χ4v) is 2.25. The maximum Gasteiger partial charge on any atom is 0.276 e. The van der Waals surface area contributed by atoms with Crippen molar-refractivity contribution >= 4 is 22.4 Å². The summed E-state index contributed by atoms with van der Waals surface area (Å²) < 4.78 is 0. The highest BCUT2D eigenvalue weighted by Gasteiger charge is 2.10. The van der Waals surface area contributed by atoms with Crippen molar-refractivity contribution in [3.8, 4) is 11.8 Å². The fraction of sp³-hybridized carbons (Fsp3) is 0.214. The number of thiazole rings is 1. The molecule has 2 aromatic heterocycles. The molecule has 0 spiro atoms. The molecule has 0 saturated heterocycles. The summed E-state index contributed by atoms with van der Waals surface area (Å²) >= 11 is 1.44. The zero-order chi connectivity index (χ0) is 14.5. The summed E-state index contributed by atoms with van der Waals surface area (Å²) in [5, 5.41) is 3.31. The third-order valence-electron chi connectivity index (χ3n) is 2.58. The highest BCUT2D eigenvalue weighted by atomic mass is 32.1. The van der Waals surface area contributed by atoms with Gasteiger partial charge in [0.25, 0.3) is 5.91 Å². The van der Waals surface area contributed by atoms with Crippen LogP contribution in [0.4, 0.5) is 5.13 Å². The predicted octanol–water partition coefficient (Wildman–Crippen LogP) is 1.72. The summed E-state index contributed by atoms with van der Waals surface area (Å²) in [6, 6.07) is 3.37. The minimum absolute atomic E-state index is 0.280. The van der Waals surface area contributed by atoms with Crippen molar-refractivity contribution in [1.82, 2.24) is 9.97 Å². The summed E-state index contributed by atoms with van der Waals surface area (Å²) in [6.07, 6.45) is 1.55. The molecule has 0 radical (unpaired) electrons. The number of pyridine rings is 1. The SMILES string of the molecule is Cc1nc(NC(=O)c2ccc(C#CCN)cn2)sc1C. The molecule has 3 N–H and O–H groups in total. The number of amides is 1. The molecule has 0 unspecified atom stereocenters. The number of carbonyl (C=O) groups is 1. The van der Waals surface area contributed by atoms with Gasteiger partial charge in [-0.1, -0.05) is 11.8 Å². The molecule has 0 atom stereocenters. The molecule has 2 heterocycles. The molecular formula is C14H14N4OS. The van der Waals surface area contributed by atoms with Gasteiger partial charge in [0.05, 0.1) is 12.2 Å². The molecular weight excluding hydrogens is 272 g/mol. The number of aryl methyl sites for hydroxylation is 2. The van der Waals surface area contributed by atoms with Gasteiger partial charge in [-0.05, 0) is 26.0 Å². The van der Waals surface area contributed by atoms with Gasteiger partial charge >= 0.3 is 0 Å². The van der Waals surface area contributed by atoms with Crippen LogP contribution in [0.2, 0.25) is 0 Å². The Balaban J connectivity index is 2.09. The van der Waals surface area contributed by atoms with E-state index in [2.05, 4.69) is 27.1 Å². The van der Waals surface area contributed by atoms with E-state index in [0.717, 1.165) is 16.1 Å². The zero-order valence-electron chi connectivity index (χ0n) is 11.2. The summed E-state index contributed by atoms with van der Waals surface area (Å²) in [6.45, 7) is 4.17. The number of carbonyl (C=O) groups excluding carboxylic acids is 1. The Kier molecular flexibility index (Phi) is 4.45. The highest BCUT2D eigenvalue weighted by molar-refractivity contribution is 7.15. The van der Waals surface area contributed by atoms with Gasteiger partial charge in [0.15, 0.2) is 5.13 Å². The van der Waals surface area contributed by atoms with E-state index in [-0.39, 0.29) is 5.91 Å². The number of hydrogen-bond acceptors (Lipinski definition) is 5. The molecule has 0 aliphatic rings. The van der Waals surface area contributed by atoms with Crippen LogP contribution in [0.15, 0.2) is 18.3 Å². The average Bonchev–Trinajstić information content (AvgIpc) is 2.75. The van der Waals surface area contributed by atoms with E-state index in [1.165, 1.54) is 11.3 Å². The number of hydrogen-bond donors (Lipinski definition) is 2. The topological polar surface area (TPSA) is 80.9 Å². The number of anilines is 1. The van der Waals surface area contributed by atoms with Gasteiger partial charge in [0, 0.05) is 16.6 Å². The molecule has 1 amide bonds. The number of rotatable bonds is 2. The largest absolute Gasteiger partial charge is 0.320 e. The van der Waals surface area contributed by atoms with Gasteiger partial charge in [-0.25, -0.2) is 9.97 Å². The Labute approximate surface area is 121 Å². The van der Waals surface area contributed by atoms with E-state index in [1.54, 1.807) is 18.3 Å². The van der Waals surface area contributed by atoms with E-state index in [4.69, 9.17) is 5.73 Å². The van der Waals surface area contributed by atoms with E-state index in [1.807, 2.05) is 13.8 Å². The Morgan fingerprint density at radius 3 is 2.80 bits per heavy atom. The second kappa shape index (κ2) is 6.28. The van der Waals surface area contributed by atoms with Crippen LogP contribution in [0.5, 0.6) is 0 Å². The van der Waals surface area contributed by atoms with E-state index in [0.29, 0.717) is 17.4 Å². The summed E-state index contributed by atoms with van der Waals surface area (Å²) in [5.74, 6) is 5.30. The smallest absolute Gasteiger partial charge is 0.276 e. The minimum Gasteiger partial charge on any atom is -0.320 e. The third-order valence-corrected chi connectivity index (χ3v) is 3.57. The van der Waals surface area contributed by atoms with Crippen molar-refractivity contribution in [1.29, 1.82) is 0 Å². The fourth-order valence-electron chi connectivity index (χ4n) is 1.44. The third kappa shape index (κ3) is 3.41. The molecule has 2 rings (SSSR count). The van der Waals surface area contributed by atoms with Crippen LogP contribution in [0.1, 0.15) is 26.6 Å². The number of aromatic nitrogens is 2. The standard InChI is InChI=1S/C14H14N4OS/c1-9-10(2)20-14(17-9)18-13(19)12-6-5-11(8-16-12)4-3-7-15/h5-6,8H,7,15H2,1-2H3,(H,17,18,19). The Morgan fingerprint density at radius 2 is 2.25 bits per heavy atom. The van der Waals surface area contributed by atoms with Crippen molar-refractivity contribution in [2.45, 2.75) is 13.8 Å². The first-order valence-electron chi connectivity index (χ1n) is 6.00. The first-order chi connectivity index (χ1) is 9.60. The van der Waals surface area contributed by atoms with Crippen LogP contribution in [0.25, 0.3) is 0 Å². The maximum absolute atomic E-state index is 12.0. The summed E-state index contributed by atoms with van der Waals surface area (Å²) in [7, 11) is 0. The molecule has 20 heavy (non-hydrogen) atoms. The number of nitrogens with zero attached hydrogens (tertiary/aromatic N) is 2. The summed E-state index contributed by atoms with van der Waals surface area (Å²) in [5.41, 5.74) is 7.27. The monoisotopic (exact) mass is 286 g/mol. The predicted molar refractivity (Wildman–Crippen MR) is 79.7 cm³/mol. The minimum atomic E-state index is -0.280. The molecule has 0 saturated carbocycles. The van der Waals surface area contributed by atoms with Crippen LogP contribution in [0.3, 0.4) is 0 Å². The summed E-state index contributed by atoms with van der Waals surface area (Å²) in [4.78, 5) is 21.4.